The van der Waals surface area contributed by atoms with Gasteiger partial charge in [0.25, 0.3) is 5.91 Å². The van der Waals surface area contributed by atoms with Gasteiger partial charge in [-0.25, -0.2) is 9.48 Å². The van der Waals surface area contributed by atoms with Crippen LogP contribution in [-0.4, -0.2) is 48.0 Å². The maximum absolute atomic E-state index is 13.0. The van der Waals surface area contributed by atoms with Crippen molar-refractivity contribution in [1.82, 2.24) is 15.1 Å². The molecule has 1 aromatic heterocycles. The van der Waals surface area contributed by atoms with Crippen molar-refractivity contribution in [3.05, 3.63) is 57.5 Å². The van der Waals surface area contributed by atoms with Gasteiger partial charge < -0.3 is 14.8 Å². The predicted octanol–water partition coefficient (Wildman–Crippen LogP) is 1.87. The summed E-state index contributed by atoms with van der Waals surface area (Å²) in [5.74, 6) is -1.78. The zero-order valence-corrected chi connectivity index (χ0v) is 16.4. The lowest BCUT2D eigenvalue weighted by Crippen LogP contribution is -2.38. The van der Waals surface area contributed by atoms with Crippen LogP contribution in [-0.2, 0) is 20.4 Å². The Morgan fingerprint density at radius 2 is 1.97 bits per heavy atom. The second-order valence-electron chi connectivity index (χ2n) is 6.46. The number of rotatable bonds is 7. The number of amides is 1. The molecule has 0 saturated carbocycles. The van der Waals surface area contributed by atoms with Gasteiger partial charge in [-0.15, -0.1) is 0 Å². The number of aryl methyl sites for hydroxylation is 1. The van der Waals surface area contributed by atoms with Gasteiger partial charge in [-0.05, 0) is 32.0 Å². The monoisotopic (exact) mass is 427 g/mol. The molecule has 1 unspecified atom stereocenters. The van der Waals surface area contributed by atoms with Crippen molar-refractivity contribution < 1.29 is 32.2 Å². The van der Waals surface area contributed by atoms with Crippen molar-refractivity contribution in [3.63, 3.8) is 0 Å². The van der Waals surface area contributed by atoms with Crippen LogP contribution in [0.1, 0.15) is 28.7 Å². The minimum atomic E-state index is -4.57. The van der Waals surface area contributed by atoms with Crippen molar-refractivity contribution in [3.8, 4) is 5.69 Å². The van der Waals surface area contributed by atoms with Crippen LogP contribution < -0.4 is 10.7 Å². The Hall–Kier alpha value is -3.21. The SMILES string of the molecule is COCC(C)NC(=O)COC(=O)c1nn(-c2cccc(C(F)(F)F)c2)c(C)cc1=O. The molecule has 0 bridgehead atoms. The normalized spacial score (nSPS) is 12.3. The Balaban J connectivity index is 2.24. The number of hydrogen-bond donors (Lipinski definition) is 1. The first-order chi connectivity index (χ1) is 14.0. The highest BCUT2D eigenvalue weighted by Crippen LogP contribution is 2.30. The van der Waals surface area contributed by atoms with Gasteiger partial charge in [-0.1, -0.05) is 6.07 Å². The molecule has 1 amide bonds. The number of ether oxygens (including phenoxy) is 2. The lowest BCUT2D eigenvalue weighted by molar-refractivity contribution is -0.137. The number of hydrogen-bond acceptors (Lipinski definition) is 6. The number of benzene rings is 1. The predicted molar refractivity (Wildman–Crippen MR) is 99.3 cm³/mol. The number of carbonyl (C=O) groups excluding carboxylic acids is 2. The number of halogens is 3. The third kappa shape index (κ3) is 5.89. The van der Waals surface area contributed by atoms with Gasteiger partial charge in [0.2, 0.25) is 11.1 Å². The zero-order chi connectivity index (χ0) is 22.5. The highest BCUT2D eigenvalue weighted by atomic mass is 19.4. The van der Waals surface area contributed by atoms with E-state index in [1.807, 2.05) is 0 Å². The van der Waals surface area contributed by atoms with Gasteiger partial charge in [0, 0.05) is 24.9 Å². The molecule has 2 aromatic rings. The van der Waals surface area contributed by atoms with Crippen molar-refractivity contribution >= 4 is 11.9 Å². The highest BCUT2D eigenvalue weighted by Gasteiger charge is 2.30. The minimum Gasteiger partial charge on any atom is -0.451 e. The van der Waals surface area contributed by atoms with Crippen LogP contribution in [0.25, 0.3) is 5.69 Å². The van der Waals surface area contributed by atoms with Crippen molar-refractivity contribution in [2.45, 2.75) is 26.1 Å². The van der Waals surface area contributed by atoms with E-state index in [4.69, 9.17) is 9.47 Å². The standard InChI is InChI=1S/C19H20F3N3O5/c1-11(9-29-3)23-16(27)10-30-18(28)17-15(26)7-12(2)25(24-17)14-6-4-5-13(8-14)19(20,21)22/h4-8,11H,9-10H2,1-3H3,(H,23,27). The second kappa shape index (κ2) is 9.53. The zero-order valence-electron chi connectivity index (χ0n) is 16.4. The third-order valence-electron chi connectivity index (χ3n) is 3.88. The van der Waals surface area contributed by atoms with Crippen LogP contribution in [0.3, 0.4) is 0 Å². The molecule has 11 heteroatoms. The topological polar surface area (TPSA) is 99.5 Å². The van der Waals surface area contributed by atoms with E-state index >= 15 is 0 Å². The highest BCUT2D eigenvalue weighted by molar-refractivity contribution is 5.89. The van der Waals surface area contributed by atoms with E-state index in [1.165, 1.54) is 26.2 Å². The number of nitrogens with zero attached hydrogens (tertiary/aromatic N) is 2. The first-order valence-corrected chi connectivity index (χ1v) is 8.77. The van der Waals surface area contributed by atoms with Crippen molar-refractivity contribution in [2.24, 2.45) is 0 Å². The largest absolute Gasteiger partial charge is 0.451 e. The van der Waals surface area contributed by atoms with E-state index in [0.29, 0.717) is 0 Å². The van der Waals surface area contributed by atoms with Crippen LogP contribution in [0.5, 0.6) is 0 Å². The quantitative estimate of drug-likeness (QED) is 0.678. The Kier molecular flexibility index (Phi) is 7.33. The number of aromatic nitrogens is 2. The number of nitrogens with one attached hydrogen (secondary N) is 1. The number of alkyl halides is 3. The smallest absolute Gasteiger partial charge is 0.416 e. The van der Waals surface area contributed by atoms with Crippen LogP contribution in [0, 0.1) is 6.92 Å². The molecule has 0 fully saturated rings. The molecule has 0 saturated heterocycles. The van der Waals surface area contributed by atoms with Gasteiger partial charge in [0.05, 0.1) is 17.9 Å². The first-order valence-electron chi connectivity index (χ1n) is 8.77. The Labute approximate surface area is 169 Å². The molecular weight excluding hydrogens is 407 g/mol. The average molecular weight is 427 g/mol. The van der Waals surface area contributed by atoms with E-state index in [0.717, 1.165) is 22.9 Å². The molecule has 1 N–H and O–H groups in total. The summed E-state index contributed by atoms with van der Waals surface area (Å²) >= 11 is 0. The fourth-order valence-electron chi connectivity index (χ4n) is 2.57. The van der Waals surface area contributed by atoms with Crippen LogP contribution in [0.2, 0.25) is 0 Å². The van der Waals surface area contributed by atoms with E-state index in [-0.39, 0.29) is 24.0 Å². The molecule has 0 aliphatic heterocycles. The fourth-order valence-corrected chi connectivity index (χ4v) is 2.57. The van der Waals surface area contributed by atoms with Crippen molar-refractivity contribution in [2.75, 3.05) is 20.3 Å². The molecule has 0 aliphatic carbocycles. The molecule has 1 heterocycles. The number of esters is 1. The lowest BCUT2D eigenvalue weighted by atomic mass is 10.2. The molecule has 8 nitrogen and oxygen atoms in total. The maximum Gasteiger partial charge on any atom is 0.416 e. The van der Waals surface area contributed by atoms with Gasteiger partial charge in [-0.3, -0.25) is 9.59 Å². The molecular formula is C19H20F3N3O5. The second-order valence-corrected chi connectivity index (χ2v) is 6.46. The summed E-state index contributed by atoms with van der Waals surface area (Å²) < 4.78 is 49.6. The summed E-state index contributed by atoms with van der Waals surface area (Å²) in [7, 11) is 1.46. The van der Waals surface area contributed by atoms with Gasteiger partial charge in [0.15, 0.2) is 6.61 Å². The summed E-state index contributed by atoms with van der Waals surface area (Å²) in [5.41, 5.74) is -2.14. The molecule has 162 valence electrons. The molecule has 30 heavy (non-hydrogen) atoms. The molecule has 1 atom stereocenters. The Morgan fingerprint density at radius 1 is 1.27 bits per heavy atom. The van der Waals surface area contributed by atoms with E-state index in [2.05, 4.69) is 10.4 Å². The first kappa shape index (κ1) is 23.1. The summed E-state index contributed by atoms with van der Waals surface area (Å²) in [4.78, 5) is 36.1. The Morgan fingerprint density at radius 3 is 2.60 bits per heavy atom. The fraction of sp³-hybridized carbons (Fsp3) is 0.368. The third-order valence-corrected chi connectivity index (χ3v) is 3.88. The molecule has 0 radical (unpaired) electrons. The van der Waals surface area contributed by atoms with Crippen LogP contribution >= 0.6 is 0 Å². The summed E-state index contributed by atoms with van der Waals surface area (Å²) in [6, 6.07) is 4.98. The molecule has 2 rings (SSSR count). The maximum atomic E-state index is 13.0. The van der Waals surface area contributed by atoms with Gasteiger partial charge >= 0.3 is 12.1 Å². The van der Waals surface area contributed by atoms with E-state index < -0.39 is 41.3 Å². The van der Waals surface area contributed by atoms with Crippen LogP contribution in [0.15, 0.2) is 35.1 Å². The molecule has 0 spiro atoms. The molecule has 1 aromatic carbocycles. The van der Waals surface area contributed by atoms with Crippen LogP contribution in [0.4, 0.5) is 13.2 Å². The lowest BCUT2D eigenvalue weighted by Gasteiger charge is -2.14. The van der Waals surface area contributed by atoms with E-state index in [9.17, 15) is 27.6 Å². The van der Waals surface area contributed by atoms with Gasteiger partial charge in [0.1, 0.15) is 0 Å². The summed E-state index contributed by atoms with van der Waals surface area (Å²) in [5, 5.41) is 6.36. The average Bonchev–Trinajstić information content (AvgIpc) is 2.66. The number of methoxy groups -OCH3 is 1. The van der Waals surface area contributed by atoms with Crippen molar-refractivity contribution in [1.29, 1.82) is 0 Å². The summed E-state index contributed by atoms with van der Waals surface area (Å²) in [6.07, 6.45) is -4.57. The van der Waals surface area contributed by atoms with E-state index in [1.54, 1.807) is 6.92 Å². The van der Waals surface area contributed by atoms with Gasteiger partial charge in [-0.2, -0.15) is 18.3 Å². The molecule has 0 aliphatic rings. The minimum absolute atomic E-state index is 0.00232. The summed E-state index contributed by atoms with van der Waals surface area (Å²) in [6.45, 7) is 2.72. The number of carbonyl (C=O) groups is 2. The Bertz CT molecular complexity index is 988.